The lowest BCUT2D eigenvalue weighted by Crippen LogP contribution is -2.33. The van der Waals surface area contributed by atoms with Crippen molar-refractivity contribution in [3.8, 4) is 0 Å². The first-order valence-corrected chi connectivity index (χ1v) is 8.28. The van der Waals surface area contributed by atoms with Crippen molar-refractivity contribution in [3.05, 3.63) is 56.2 Å². The van der Waals surface area contributed by atoms with Crippen LogP contribution in [0.5, 0.6) is 0 Å². The first-order valence-electron chi connectivity index (χ1n) is 8.28. The maximum Gasteiger partial charge on any atom is 0.248 e. The molecule has 6 nitrogen and oxygen atoms in total. The number of H-pyrrole nitrogens is 1. The van der Waals surface area contributed by atoms with E-state index in [4.69, 9.17) is 0 Å². The Kier molecular flexibility index (Phi) is 7.23. The van der Waals surface area contributed by atoms with E-state index in [9.17, 15) is 19.2 Å². The van der Waals surface area contributed by atoms with Gasteiger partial charge in [0.2, 0.25) is 17.8 Å². The van der Waals surface area contributed by atoms with Crippen LogP contribution in [0.15, 0.2) is 33.8 Å². The molecule has 1 heterocycles. The average Bonchev–Trinajstić information content (AvgIpc) is 2.52. The molecule has 2 N–H and O–H groups in total. The molecule has 0 aromatic carbocycles. The van der Waals surface area contributed by atoms with Crippen LogP contribution in [-0.2, 0) is 4.79 Å². The van der Waals surface area contributed by atoms with Crippen molar-refractivity contribution >= 4 is 18.0 Å². The lowest BCUT2D eigenvalue weighted by atomic mass is 9.84. The van der Waals surface area contributed by atoms with Gasteiger partial charge in [0.25, 0.3) is 0 Å². The van der Waals surface area contributed by atoms with Gasteiger partial charge in [-0.2, -0.15) is 0 Å². The molecule has 2 rings (SSSR count). The summed E-state index contributed by atoms with van der Waals surface area (Å²) in [6, 6.07) is 1.28. The Morgan fingerprint density at radius 1 is 1.16 bits per heavy atom. The Hall–Kier alpha value is -2.76. The number of hydrogen-bond acceptors (Lipinski definition) is 4. The molecule has 0 unspecified atom stereocenters. The number of nitrogens with one attached hydrogen (secondary N) is 2. The van der Waals surface area contributed by atoms with Gasteiger partial charge in [-0.25, -0.2) is 0 Å². The molecule has 1 aromatic rings. The highest BCUT2D eigenvalue weighted by atomic mass is 16.2. The minimum atomic E-state index is -0.568. The number of aromatic amines is 1. The van der Waals surface area contributed by atoms with Crippen molar-refractivity contribution in [1.29, 1.82) is 0 Å². The number of ketones is 2. The highest BCUT2D eigenvalue weighted by Crippen LogP contribution is 2.29. The summed E-state index contributed by atoms with van der Waals surface area (Å²) >= 11 is 0. The molecule has 0 saturated heterocycles. The van der Waals surface area contributed by atoms with Gasteiger partial charge in [0.1, 0.15) is 11.4 Å². The van der Waals surface area contributed by atoms with E-state index in [1.54, 1.807) is 19.9 Å². The summed E-state index contributed by atoms with van der Waals surface area (Å²) in [6.45, 7) is 9.47. The standard InChI is InChI=1S/C16H16N2O4.C3H8/c1-4-5-8(2)11-13(17-7-19)16(22)14-12(15(11)21)9(3)6-10(20)18-14;1-3-2/h5-7H,4H2,1-3H3,(H,17,19)(H,18,20);3H2,1-2H3/b8-5-;. The number of hydrogen-bond donors (Lipinski definition) is 2. The van der Waals surface area contributed by atoms with E-state index >= 15 is 0 Å². The van der Waals surface area contributed by atoms with Gasteiger partial charge in [0.05, 0.1) is 11.1 Å². The summed E-state index contributed by atoms with van der Waals surface area (Å²) in [5.41, 5.74) is 0.752. The van der Waals surface area contributed by atoms with Gasteiger partial charge in [0.15, 0.2) is 5.78 Å². The van der Waals surface area contributed by atoms with Crippen molar-refractivity contribution < 1.29 is 14.4 Å². The number of amides is 1. The molecule has 0 fully saturated rings. The number of fused-ring (bicyclic) bond motifs is 1. The van der Waals surface area contributed by atoms with Gasteiger partial charge in [-0.15, -0.1) is 0 Å². The molecule has 1 amide bonds. The van der Waals surface area contributed by atoms with E-state index in [-0.39, 0.29) is 28.3 Å². The number of carbonyl (C=O) groups excluding carboxylic acids is 3. The highest BCUT2D eigenvalue weighted by Gasteiger charge is 2.34. The predicted molar refractivity (Wildman–Crippen MR) is 96.7 cm³/mol. The Morgan fingerprint density at radius 2 is 1.76 bits per heavy atom. The monoisotopic (exact) mass is 344 g/mol. The fourth-order valence-electron chi connectivity index (χ4n) is 2.61. The van der Waals surface area contributed by atoms with E-state index in [0.717, 1.165) is 0 Å². The number of aromatic nitrogens is 1. The number of rotatable bonds is 4. The van der Waals surface area contributed by atoms with Crippen LogP contribution in [0, 0.1) is 6.92 Å². The summed E-state index contributed by atoms with van der Waals surface area (Å²) in [7, 11) is 0. The zero-order chi connectivity index (χ0) is 19.1. The van der Waals surface area contributed by atoms with Crippen molar-refractivity contribution in [2.75, 3.05) is 0 Å². The molecule has 0 radical (unpaired) electrons. The second-order valence-electron chi connectivity index (χ2n) is 5.74. The molecule has 0 bridgehead atoms. The minimum absolute atomic E-state index is 0.0765. The number of carbonyl (C=O) groups is 3. The smallest absolute Gasteiger partial charge is 0.248 e. The largest absolute Gasteiger partial charge is 0.325 e. The Balaban J connectivity index is 0.000000970. The molecule has 1 aromatic heterocycles. The van der Waals surface area contributed by atoms with Crippen LogP contribution in [0.4, 0.5) is 0 Å². The molecular formula is C19H24N2O4. The lowest BCUT2D eigenvalue weighted by Gasteiger charge is -2.21. The number of pyridine rings is 1. The predicted octanol–water partition coefficient (Wildman–Crippen LogP) is 2.84. The second-order valence-corrected chi connectivity index (χ2v) is 5.74. The van der Waals surface area contributed by atoms with Gasteiger partial charge in [-0.05, 0) is 31.4 Å². The molecule has 0 atom stereocenters. The van der Waals surface area contributed by atoms with E-state index in [2.05, 4.69) is 24.1 Å². The van der Waals surface area contributed by atoms with Crippen molar-refractivity contribution in [1.82, 2.24) is 10.3 Å². The van der Waals surface area contributed by atoms with Crippen molar-refractivity contribution in [3.63, 3.8) is 0 Å². The summed E-state index contributed by atoms with van der Waals surface area (Å²) in [5, 5.41) is 2.30. The molecule has 134 valence electrons. The highest BCUT2D eigenvalue weighted by molar-refractivity contribution is 6.28. The first kappa shape index (κ1) is 20.3. The summed E-state index contributed by atoms with van der Waals surface area (Å²) < 4.78 is 0. The third kappa shape index (κ3) is 4.21. The summed E-state index contributed by atoms with van der Waals surface area (Å²) in [4.78, 5) is 50.1. The van der Waals surface area contributed by atoms with Gasteiger partial charge >= 0.3 is 0 Å². The van der Waals surface area contributed by atoms with Crippen LogP contribution in [0.3, 0.4) is 0 Å². The van der Waals surface area contributed by atoms with Crippen molar-refractivity contribution in [2.24, 2.45) is 0 Å². The number of Topliss-reactive ketones (excluding diaryl/α,β-unsaturated/α-hetero) is 2. The Morgan fingerprint density at radius 3 is 2.28 bits per heavy atom. The molecule has 6 heteroatoms. The summed E-state index contributed by atoms with van der Waals surface area (Å²) in [5.74, 6) is -0.948. The Bertz CT molecular complexity index is 813. The average molecular weight is 344 g/mol. The van der Waals surface area contributed by atoms with Crippen LogP contribution < -0.4 is 10.9 Å². The van der Waals surface area contributed by atoms with Gasteiger partial charge in [-0.3, -0.25) is 19.2 Å². The van der Waals surface area contributed by atoms with Crippen LogP contribution in [0.1, 0.15) is 66.9 Å². The zero-order valence-corrected chi connectivity index (χ0v) is 15.3. The minimum Gasteiger partial charge on any atom is -0.325 e. The molecule has 0 spiro atoms. The molecular weight excluding hydrogens is 320 g/mol. The molecule has 1 aliphatic carbocycles. The second kappa shape index (κ2) is 8.92. The number of aryl methyl sites for hydroxylation is 1. The third-order valence-corrected chi connectivity index (χ3v) is 3.51. The van der Waals surface area contributed by atoms with Crippen LogP contribution in [0.25, 0.3) is 0 Å². The van der Waals surface area contributed by atoms with Gasteiger partial charge in [-0.1, -0.05) is 33.3 Å². The molecule has 25 heavy (non-hydrogen) atoms. The van der Waals surface area contributed by atoms with Crippen molar-refractivity contribution in [2.45, 2.75) is 47.5 Å². The summed E-state index contributed by atoms with van der Waals surface area (Å²) in [6.07, 6.45) is 4.08. The normalized spacial score (nSPS) is 13.9. The van der Waals surface area contributed by atoms with Crippen LogP contribution >= 0.6 is 0 Å². The zero-order valence-electron chi connectivity index (χ0n) is 15.3. The first-order chi connectivity index (χ1) is 11.8. The SMILES string of the molecule is CC/C=C(/C)C1=C(NC=O)C(=O)c2[nH]c(=O)cc(C)c2C1=O.CCC. The third-order valence-electron chi connectivity index (χ3n) is 3.51. The Labute approximate surface area is 147 Å². The van der Waals surface area contributed by atoms with E-state index < -0.39 is 11.3 Å². The molecule has 0 aliphatic heterocycles. The fourth-order valence-corrected chi connectivity index (χ4v) is 2.61. The van der Waals surface area contributed by atoms with E-state index in [1.807, 2.05) is 6.92 Å². The maximum atomic E-state index is 12.8. The van der Waals surface area contributed by atoms with Crippen LogP contribution in [0.2, 0.25) is 0 Å². The fraction of sp³-hybridized carbons (Fsp3) is 0.368. The van der Waals surface area contributed by atoms with Crippen LogP contribution in [-0.4, -0.2) is 23.0 Å². The quantitative estimate of drug-likeness (QED) is 0.821. The van der Waals surface area contributed by atoms with E-state index in [0.29, 0.717) is 24.0 Å². The van der Waals surface area contributed by atoms with Gasteiger partial charge < -0.3 is 10.3 Å². The number of allylic oxidation sites excluding steroid dienone is 4. The topological polar surface area (TPSA) is 96.1 Å². The van der Waals surface area contributed by atoms with E-state index in [1.165, 1.54) is 12.5 Å². The lowest BCUT2D eigenvalue weighted by molar-refractivity contribution is -0.108. The molecule has 0 saturated carbocycles. The maximum absolute atomic E-state index is 12.8. The van der Waals surface area contributed by atoms with Gasteiger partial charge in [0, 0.05) is 6.07 Å². The molecule has 1 aliphatic rings.